The molecule has 2 aromatic rings. The van der Waals surface area contributed by atoms with Gasteiger partial charge in [0.25, 0.3) is 5.91 Å². The van der Waals surface area contributed by atoms with Gasteiger partial charge in [0, 0.05) is 24.6 Å². The molecule has 0 bridgehead atoms. The monoisotopic (exact) mass is 452 g/mol. The average molecular weight is 453 g/mol. The topological polar surface area (TPSA) is 84.3 Å². The van der Waals surface area contributed by atoms with Gasteiger partial charge in [-0.1, -0.05) is 34.6 Å². The van der Waals surface area contributed by atoms with Gasteiger partial charge in [-0.15, -0.1) is 0 Å². The van der Waals surface area contributed by atoms with Crippen LogP contribution in [0.1, 0.15) is 71.4 Å². The van der Waals surface area contributed by atoms with Crippen LogP contribution in [0.4, 0.5) is 10.2 Å². The summed E-state index contributed by atoms with van der Waals surface area (Å²) in [6, 6.07) is 5.03. The zero-order valence-electron chi connectivity index (χ0n) is 19.6. The van der Waals surface area contributed by atoms with E-state index in [0.717, 1.165) is 17.8 Å². The van der Waals surface area contributed by atoms with Gasteiger partial charge < -0.3 is 5.32 Å². The van der Waals surface area contributed by atoms with E-state index in [-0.39, 0.29) is 29.0 Å². The zero-order chi connectivity index (χ0) is 23.8. The zero-order valence-corrected chi connectivity index (χ0v) is 20.4. The number of aromatic nitrogens is 2. The molecule has 172 valence electrons. The van der Waals surface area contributed by atoms with Crippen LogP contribution in [-0.2, 0) is 21.0 Å². The molecule has 0 saturated heterocycles. The van der Waals surface area contributed by atoms with Crippen molar-refractivity contribution < 1.29 is 17.6 Å². The van der Waals surface area contributed by atoms with Crippen LogP contribution in [-0.4, -0.2) is 41.5 Å². The van der Waals surface area contributed by atoms with E-state index in [1.54, 1.807) is 24.6 Å². The molecule has 7 nitrogen and oxygen atoms in total. The van der Waals surface area contributed by atoms with Crippen molar-refractivity contribution in [3.8, 4) is 0 Å². The van der Waals surface area contributed by atoms with Gasteiger partial charge in [-0.25, -0.2) is 17.5 Å². The molecule has 1 amide bonds. The second-order valence-electron chi connectivity index (χ2n) is 9.43. The van der Waals surface area contributed by atoms with Crippen molar-refractivity contribution in [3.05, 3.63) is 41.3 Å². The molecule has 1 aromatic carbocycles. The first-order chi connectivity index (χ1) is 14.1. The molecule has 0 radical (unpaired) electrons. The Hall–Kier alpha value is -2.26. The fraction of sp³-hybridized carbons (Fsp3) is 0.545. The Balaban J connectivity index is 2.49. The van der Waals surface area contributed by atoms with Gasteiger partial charge in [-0.2, -0.15) is 9.40 Å². The fourth-order valence-electron chi connectivity index (χ4n) is 3.08. The molecule has 0 aliphatic heterocycles. The molecule has 0 fully saturated rings. The van der Waals surface area contributed by atoms with Crippen LogP contribution in [0.3, 0.4) is 0 Å². The molecule has 31 heavy (non-hydrogen) atoms. The third kappa shape index (κ3) is 5.33. The van der Waals surface area contributed by atoms with E-state index in [1.165, 1.54) is 10.4 Å². The predicted octanol–water partition coefficient (Wildman–Crippen LogP) is 4.36. The van der Waals surface area contributed by atoms with Crippen LogP contribution < -0.4 is 5.32 Å². The Kier molecular flexibility index (Phi) is 7.02. The van der Waals surface area contributed by atoms with E-state index in [2.05, 4.69) is 10.4 Å². The quantitative estimate of drug-likeness (QED) is 0.706. The lowest BCUT2D eigenvalue weighted by molar-refractivity contribution is 0.102. The van der Waals surface area contributed by atoms with Crippen molar-refractivity contribution in [1.29, 1.82) is 0 Å². The molecule has 9 heteroatoms. The molecule has 0 atom stereocenters. The Bertz CT molecular complexity index is 1060. The van der Waals surface area contributed by atoms with Gasteiger partial charge in [0.2, 0.25) is 10.0 Å². The molecule has 1 aromatic heterocycles. The molecule has 0 aliphatic rings. The minimum atomic E-state index is -3.82. The first-order valence-electron chi connectivity index (χ1n) is 10.3. The van der Waals surface area contributed by atoms with Gasteiger partial charge in [0.1, 0.15) is 11.6 Å². The number of amides is 1. The van der Waals surface area contributed by atoms with Crippen LogP contribution in [0.15, 0.2) is 29.2 Å². The van der Waals surface area contributed by atoms with Crippen molar-refractivity contribution >= 4 is 21.7 Å². The summed E-state index contributed by atoms with van der Waals surface area (Å²) in [5, 5.41) is 7.35. The van der Waals surface area contributed by atoms with E-state index in [4.69, 9.17) is 0 Å². The second-order valence-corrected chi connectivity index (χ2v) is 11.4. The van der Waals surface area contributed by atoms with Crippen molar-refractivity contribution in [1.82, 2.24) is 14.1 Å². The van der Waals surface area contributed by atoms with Gasteiger partial charge in [0.15, 0.2) is 0 Å². The summed E-state index contributed by atoms with van der Waals surface area (Å²) in [6.07, 6.45) is 0. The lowest BCUT2D eigenvalue weighted by atomic mass is 9.92. The number of nitrogens with zero attached hydrogens (tertiary/aromatic N) is 3. The maximum Gasteiger partial charge on any atom is 0.259 e. The highest BCUT2D eigenvalue weighted by molar-refractivity contribution is 7.89. The van der Waals surface area contributed by atoms with E-state index in [1.807, 2.05) is 41.5 Å². The third-order valence-corrected chi connectivity index (χ3v) is 6.93. The lowest BCUT2D eigenvalue weighted by Crippen LogP contribution is -2.31. The molecule has 0 saturated carbocycles. The lowest BCUT2D eigenvalue weighted by Gasteiger charge is -2.23. The highest BCUT2D eigenvalue weighted by Crippen LogP contribution is 2.29. The maximum atomic E-state index is 14.5. The van der Waals surface area contributed by atoms with Crippen LogP contribution in [0.2, 0.25) is 0 Å². The summed E-state index contributed by atoms with van der Waals surface area (Å²) in [6.45, 7) is 15.9. The smallest absolute Gasteiger partial charge is 0.259 e. The predicted molar refractivity (Wildman–Crippen MR) is 120 cm³/mol. The van der Waals surface area contributed by atoms with Crippen molar-refractivity contribution in [2.24, 2.45) is 0 Å². The Labute approximate surface area is 184 Å². The number of rotatable bonds is 6. The van der Waals surface area contributed by atoms with Gasteiger partial charge >= 0.3 is 0 Å². The summed E-state index contributed by atoms with van der Waals surface area (Å²) < 4.78 is 43.0. The number of halogens is 1. The average Bonchev–Trinajstić information content (AvgIpc) is 3.07. The maximum absolute atomic E-state index is 14.5. The highest BCUT2D eigenvalue weighted by atomic mass is 32.2. The molecular weight excluding hydrogens is 419 g/mol. The summed E-state index contributed by atoms with van der Waals surface area (Å²) in [5.74, 6) is -1.12. The summed E-state index contributed by atoms with van der Waals surface area (Å²) in [5.41, 5.74) is -0.249. The molecule has 0 unspecified atom stereocenters. The standard InChI is InChI=1S/C22H33FN4O3S/c1-9-26(10-2)31(29,30)15-11-12-17(23)16(13-15)20(28)24-19-14-18(21(3,4)5)25-27(19)22(6,7)8/h11-14H,9-10H2,1-8H3,(H,24,28). The third-order valence-electron chi connectivity index (χ3n) is 4.88. The second kappa shape index (κ2) is 8.70. The summed E-state index contributed by atoms with van der Waals surface area (Å²) in [7, 11) is -3.82. The number of nitrogens with one attached hydrogen (secondary N) is 1. The molecular formula is C22H33FN4O3S. The minimum absolute atomic E-state index is 0.123. The first kappa shape index (κ1) is 25.0. The summed E-state index contributed by atoms with van der Waals surface area (Å²) >= 11 is 0. The number of benzene rings is 1. The SMILES string of the molecule is CCN(CC)S(=O)(=O)c1ccc(F)c(C(=O)Nc2cc(C(C)(C)C)nn2C(C)(C)C)c1. The van der Waals surface area contributed by atoms with Crippen LogP contribution in [0.5, 0.6) is 0 Å². The van der Waals surface area contributed by atoms with E-state index < -0.39 is 27.3 Å². The highest BCUT2D eigenvalue weighted by Gasteiger charge is 2.28. The molecule has 1 N–H and O–H groups in total. The number of carbonyl (C=O) groups is 1. The van der Waals surface area contributed by atoms with E-state index in [0.29, 0.717) is 5.82 Å². The first-order valence-corrected chi connectivity index (χ1v) is 11.8. The van der Waals surface area contributed by atoms with Crippen molar-refractivity contribution in [2.75, 3.05) is 18.4 Å². The normalized spacial score (nSPS) is 13.0. The van der Waals surface area contributed by atoms with Gasteiger partial charge in [-0.05, 0) is 39.0 Å². The largest absolute Gasteiger partial charge is 0.307 e. The van der Waals surface area contributed by atoms with Crippen molar-refractivity contribution in [2.45, 2.75) is 71.2 Å². The number of hydrogen-bond acceptors (Lipinski definition) is 4. The van der Waals surface area contributed by atoms with E-state index >= 15 is 0 Å². The molecule has 2 rings (SSSR count). The van der Waals surface area contributed by atoms with Crippen molar-refractivity contribution in [3.63, 3.8) is 0 Å². The molecule has 0 spiro atoms. The van der Waals surface area contributed by atoms with Crippen LogP contribution in [0.25, 0.3) is 0 Å². The van der Waals surface area contributed by atoms with Gasteiger partial charge in [-0.3, -0.25) is 4.79 Å². The number of hydrogen-bond donors (Lipinski definition) is 1. The van der Waals surface area contributed by atoms with Crippen LogP contribution in [0, 0.1) is 5.82 Å². The Morgan fingerprint density at radius 1 is 1.10 bits per heavy atom. The van der Waals surface area contributed by atoms with Crippen LogP contribution >= 0.6 is 0 Å². The fourth-order valence-corrected chi connectivity index (χ4v) is 4.57. The minimum Gasteiger partial charge on any atom is -0.307 e. The van der Waals surface area contributed by atoms with E-state index in [9.17, 15) is 17.6 Å². The molecule has 0 aliphatic carbocycles. The number of carbonyl (C=O) groups excluding carboxylic acids is 1. The number of anilines is 1. The summed E-state index contributed by atoms with van der Waals surface area (Å²) in [4.78, 5) is 12.8. The Morgan fingerprint density at radius 2 is 1.68 bits per heavy atom. The Morgan fingerprint density at radius 3 is 2.16 bits per heavy atom. The molecule has 1 heterocycles. The van der Waals surface area contributed by atoms with Gasteiger partial charge in [0.05, 0.1) is 21.7 Å². The number of sulfonamides is 1.